The summed E-state index contributed by atoms with van der Waals surface area (Å²) in [5, 5.41) is 5.08. The van der Waals surface area contributed by atoms with Crippen LogP contribution in [0.5, 0.6) is 0 Å². The first kappa shape index (κ1) is 11.1. The van der Waals surface area contributed by atoms with E-state index in [1.165, 1.54) is 6.92 Å². The van der Waals surface area contributed by atoms with E-state index in [0.717, 1.165) is 10.9 Å². The zero-order valence-electron chi connectivity index (χ0n) is 9.30. The SMILES string of the molecule is CC(=O)NNC(=O)Cn1ncc2ccccc21. The summed E-state index contributed by atoms with van der Waals surface area (Å²) in [7, 11) is 0. The molecule has 1 heterocycles. The van der Waals surface area contributed by atoms with Crippen molar-refractivity contribution in [3.05, 3.63) is 30.5 Å². The van der Waals surface area contributed by atoms with E-state index in [0.29, 0.717) is 0 Å². The second-order valence-corrected chi connectivity index (χ2v) is 3.59. The molecule has 2 amide bonds. The van der Waals surface area contributed by atoms with Crippen LogP contribution in [0.1, 0.15) is 6.92 Å². The summed E-state index contributed by atoms with van der Waals surface area (Å²) in [5.74, 6) is -0.641. The highest BCUT2D eigenvalue weighted by atomic mass is 16.2. The molecule has 2 aromatic rings. The molecule has 17 heavy (non-hydrogen) atoms. The Hall–Kier alpha value is -2.37. The Morgan fingerprint density at radius 1 is 1.29 bits per heavy atom. The number of hydrazine groups is 1. The zero-order valence-corrected chi connectivity index (χ0v) is 9.30. The number of para-hydroxylation sites is 1. The lowest BCUT2D eigenvalue weighted by molar-refractivity contribution is -0.128. The van der Waals surface area contributed by atoms with Gasteiger partial charge in [-0.15, -0.1) is 0 Å². The van der Waals surface area contributed by atoms with E-state index in [-0.39, 0.29) is 18.4 Å². The van der Waals surface area contributed by atoms with Crippen molar-refractivity contribution in [3.63, 3.8) is 0 Å². The molecule has 0 fully saturated rings. The van der Waals surface area contributed by atoms with Crippen molar-refractivity contribution in [3.8, 4) is 0 Å². The fourth-order valence-electron chi connectivity index (χ4n) is 1.49. The normalized spacial score (nSPS) is 10.2. The van der Waals surface area contributed by atoms with Gasteiger partial charge in [-0.3, -0.25) is 25.1 Å². The van der Waals surface area contributed by atoms with Crippen molar-refractivity contribution in [1.29, 1.82) is 0 Å². The summed E-state index contributed by atoms with van der Waals surface area (Å²) in [6.45, 7) is 1.39. The summed E-state index contributed by atoms with van der Waals surface area (Å²) in [6.07, 6.45) is 1.70. The van der Waals surface area contributed by atoms with Crippen molar-refractivity contribution in [2.45, 2.75) is 13.5 Å². The van der Waals surface area contributed by atoms with Crippen LogP contribution in [0, 0.1) is 0 Å². The maximum Gasteiger partial charge on any atom is 0.260 e. The van der Waals surface area contributed by atoms with Crippen LogP contribution in [-0.4, -0.2) is 21.6 Å². The molecule has 0 aliphatic heterocycles. The van der Waals surface area contributed by atoms with Gasteiger partial charge in [-0.2, -0.15) is 5.10 Å². The van der Waals surface area contributed by atoms with Crippen LogP contribution >= 0.6 is 0 Å². The van der Waals surface area contributed by atoms with Crippen molar-refractivity contribution in [2.24, 2.45) is 0 Å². The Labute approximate surface area is 97.6 Å². The molecular weight excluding hydrogens is 220 g/mol. The van der Waals surface area contributed by atoms with Crippen LogP contribution in [-0.2, 0) is 16.1 Å². The van der Waals surface area contributed by atoms with Crippen molar-refractivity contribution in [2.75, 3.05) is 0 Å². The van der Waals surface area contributed by atoms with E-state index in [2.05, 4.69) is 16.0 Å². The van der Waals surface area contributed by atoms with Crippen molar-refractivity contribution >= 4 is 22.7 Å². The van der Waals surface area contributed by atoms with E-state index >= 15 is 0 Å². The number of nitrogens with one attached hydrogen (secondary N) is 2. The zero-order chi connectivity index (χ0) is 12.3. The summed E-state index contributed by atoms with van der Waals surface area (Å²) in [5.41, 5.74) is 5.39. The molecule has 1 aromatic carbocycles. The molecular formula is C11H12N4O2. The summed E-state index contributed by atoms with van der Waals surface area (Å²) in [4.78, 5) is 22.1. The molecule has 6 nitrogen and oxygen atoms in total. The first-order chi connectivity index (χ1) is 8.16. The number of carbonyl (C=O) groups is 2. The van der Waals surface area contributed by atoms with Gasteiger partial charge in [0.25, 0.3) is 5.91 Å². The largest absolute Gasteiger partial charge is 0.274 e. The van der Waals surface area contributed by atoms with Gasteiger partial charge in [0.1, 0.15) is 6.54 Å². The van der Waals surface area contributed by atoms with Crippen LogP contribution in [0.15, 0.2) is 30.5 Å². The maximum atomic E-state index is 11.5. The second kappa shape index (κ2) is 4.65. The number of aromatic nitrogens is 2. The molecule has 2 N–H and O–H groups in total. The molecule has 1 aromatic heterocycles. The van der Waals surface area contributed by atoms with Gasteiger partial charge in [-0.25, -0.2) is 0 Å². The van der Waals surface area contributed by atoms with Crippen LogP contribution in [0.4, 0.5) is 0 Å². The van der Waals surface area contributed by atoms with E-state index in [1.54, 1.807) is 10.9 Å². The smallest absolute Gasteiger partial charge is 0.260 e. The number of fused-ring (bicyclic) bond motifs is 1. The second-order valence-electron chi connectivity index (χ2n) is 3.59. The van der Waals surface area contributed by atoms with Gasteiger partial charge < -0.3 is 0 Å². The molecule has 0 aliphatic rings. The van der Waals surface area contributed by atoms with Crippen molar-refractivity contribution in [1.82, 2.24) is 20.6 Å². The van der Waals surface area contributed by atoms with Gasteiger partial charge in [-0.1, -0.05) is 18.2 Å². The minimum absolute atomic E-state index is 0.0633. The number of carbonyl (C=O) groups excluding carboxylic acids is 2. The first-order valence-electron chi connectivity index (χ1n) is 5.13. The molecule has 0 saturated heterocycles. The average molecular weight is 232 g/mol. The lowest BCUT2D eigenvalue weighted by Crippen LogP contribution is -2.42. The molecule has 0 unspecified atom stereocenters. The van der Waals surface area contributed by atoms with Crippen LogP contribution in [0.2, 0.25) is 0 Å². The third-order valence-electron chi connectivity index (χ3n) is 2.22. The maximum absolute atomic E-state index is 11.5. The number of benzene rings is 1. The predicted octanol–water partition coefficient (Wildman–Crippen LogP) is 0.204. The average Bonchev–Trinajstić information content (AvgIpc) is 2.70. The Bertz CT molecular complexity index is 561. The van der Waals surface area contributed by atoms with Crippen molar-refractivity contribution < 1.29 is 9.59 Å². The van der Waals surface area contributed by atoms with Gasteiger partial charge in [-0.05, 0) is 6.07 Å². The molecule has 0 saturated carbocycles. The number of amides is 2. The standard InChI is InChI=1S/C11H12N4O2/c1-8(16)13-14-11(17)7-15-10-5-3-2-4-9(10)6-12-15/h2-6H,7H2,1H3,(H,13,16)(H,14,17). The summed E-state index contributed by atoms with van der Waals surface area (Å²) >= 11 is 0. The third kappa shape index (κ3) is 2.60. The molecule has 0 radical (unpaired) electrons. The fourth-order valence-corrected chi connectivity index (χ4v) is 1.49. The Morgan fingerprint density at radius 3 is 2.82 bits per heavy atom. The lowest BCUT2D eigenvalue weighted by atomic mass is 10.2. The first-order valence-corrected chi connectivity index (χ1v) is 5.13. The highest BCUT2D eigenvalue weighted by Gasteiger charge is 2.06. The number of rotatable bonds is 2. The van der Waals surface area contributed by atoms with Gasteiger partial charge in [0.05, 0.1) is 11.7 Å². The molecule has 0 aliphatic carbocycles. The highest BCUT2D eigenvalue weighted by Crippen LogP contribution is 2.11. The van der Waals surface area contributed by atoms with Gasteiger partial charge in [0.15, 0.2) is 0 Å². The number of hydrogen-bond acceptors (Lipinski definition) is 3. The van der Waals surface area contributed by atoms with E-state index in [9.17, 15) is 9.59 Å². The fraction of sp³-hybridized carbons (Fsp3) is 0.182. The van der Waals surface area contributed by atoms with E-state index < -0.39 is 0 Å². The molecule has 6 heteroatoms. The lowest BCUT2D eigenvalue weighted by Gasteiger charge is -2.05. The Balaban J connectivity index is 2.08. The molecule has 88 valence electrons. The third-order valence-corrected chi connectivity index (χ3v) is 2.22. The molecule has 2 rings (SSSR count). The number of nitrogens with zero attached hydrogens (tertiary/aromatic N) is 2. The van der Waals surface area contributed by atoms with Gasteiger partial charge >= 0.3 is 0 Å². The highest BCUT2D eigenvalue weighted by molar-refractivity contribution is 5.83. The summed E-state index contributed by atoms with van der Waals surface area (Å²) in [6, 6.07) is 7.59. The summed E-state index contributed by atoms with van der Waals surface area (Å²) < 4.78 is 1.58. The Kier molecular flexibility index (Phi) is 3.04. The molecule has 0 spiro atoms. The van der Waals surface area contributed by atoms with E-state index in [1.807, 2.05) is 24.3 Å². The van der Waals surface area contributed by atoms with Crippen LogP contribution in [0.3, 0.4) is 0 Å². The molecule has 0 atom stereocenters. The topological polar surface area (TPSA) is 76.0 Å². The van der Waals surface area contributed by atoms with Crippen LogP contribution in [0.25, 0.3) is 10.9 Å². The minimum Gasteiger partial charge on any atom is -0.274 e. The van der Waals surface area contributed by atoms with Crippen LogP contribution < -0.4 is 10.9 Å². The van der Waals surface area contributed by atoms with Gasteiger partial charge in [0, 0.05) is 12.3 Å². The quantitative estimate of drug-likeness (QED) is 0.726. The number of hydrogen-bond donors (Lipinski definition) is 2. The minimum atomic E-state index is -0.325. The monoisotopic (exact) mass is 232 g/mol. The van der Waals surface area contributed by atoms with E-state index in [4.69, 9.17) is 0 Å². The predicted molar refractivity (Wildman–Crippen MR) is 61.7 cm³/mol. The Morgan fingerprint density at radius 2 is 2.06 bits per heavy atom. The van der Waals surface area contributed by atoms with Gasteiger partial charge in [0.2, 0.25) is 5.91 Å². The molecule has 0 bridgehead atoms.